The number of aliphatic hydroxyl groups excluding tert-OH is 1. The SMILES string of the molecule is CCC(CC)n1ccc(CC(O)c2cc(C)cc(Cl)c2)n1. The van der Waals surface area contributed by atoms with Crippen LogP contribution >= 0.6 is 11.6 Å². The molecule has 0 aliphatic carbocycles. The van der Waals surface area contributed by atoms with E-state index in [4.69, 9.17) is 11.6 Å². The summed E-state index contributed by atoms with van der Waals surface area (Å²) in [5.41, 5.74) is 2.81. The summed E-state index contributed by atoms with van der Waals surface area (Å²) in [5, 5.41) is 15.6. The fourth-order valence-electron chi connectivity index (χ4n) is 2.63. The third kappa shape index (κ3) is 4.08. The molecule has 0 saturated heterocycles. The Morgan fingerprint density at radius 2 is 1.95 bits per heavy atom. The molecule has 1 N–H and O–H groups in total. The van der Waals surface area contributed by atoms with Gasteiger partial charge in [-0.15, -0.1) is 0 Å². The van der Waals surface area contributed by atoms with Gasteiger partial charge in [0.25, 0.3) is 0 Å². The van der Waals surface area contributed by atoms with Gasteiger partial charge in [-0.05, 0) is 49.1 Å². The summed E-state index contributed by atoms with van der Waals surface area (Å²) in [6, 6.07) is 8.09. The Morgan fingerprint density at radius 1 is 1.24 bits per heavy atom. The van der Waals surface area contributed by atoms with Crippen molar-refractivity contribution in [2.24, 2.45) is 0 Å². The van der Waals surface area contributed by atoms with E-state index < -0.39 is 6.10 Å². The van der Waals surface area contributed by atoms with E-state index in [0.717, 1.165) is 29.7 Å². The van der Waals surface area contributed by atoms with Crippen LogP contribution in [0.5, 0.6) is 0 Å². The van der Waals surface area contributed by atoms with Gasteiger partial charge < -0.3 is 5.11 Å². The molecule has 0 radical (unpaired) electrons. The van der Waals surface area contributed by atoms with Gasteiger partial charge >= 0.3 is 0 Å². The molecule has 0 spiro atoms. The summed E-state index contributed by atoms with van der Waals surface area (Å²) in [7, 11) is 0. The lowest BCUT2D eigenvalue weighted by Crippen LogP contribution is -2.09. The first-order valence-electron chi connectivity index (χ1n) is 7.52. The minimum Gasteiger partial charge on any atom is -0.388 e. The fraction of sp³-hybridized carbons (Fsp3) is 0.471. The predicted molar refractivity (Wildman–Crippen MR) is 86.7 cm³/mol. The van der Waals surface area contributed by atoms with Gasteiger partial charge in [0.2, 0.25) is 0 Å². The van der Waals surface area contributed by atoms with E-state index in [9.17, 15) is 5.11 Å². The van der Waals surface area contributed by atoms with E-state index in [-0.39, 0.29) is 0 Å². The first-order valence-corrected chi connectivity index (χ1v) is 7.90. The zero-order valence-corrected chi connectivity index (χ0v) is 13.6. The molecule has 0 aliphatic heterocycles. The molecule has 0 fully saturated rings. The Balaban J connectivity index is 2.10. The topological polar surface area (TPSA) is 38.0 Å². The maximum atomic E-state index is 10.4. The number of nitrogens with zero attached hydrogens (tertiary/aromatic N) is 2. The molecule has 0 bridgehead atoms. The van der Waals surface area contributed by atoms with Crippen LogP contribution in [0.15, 0.2) is 30.5 Å². The van der Waals surface area contributed by atoms with Gasteiger partial charge in [-0.1, -0.05) is 31.5 Å². The molecule has 3 nitrogen and oxygen atoms in total. The Kier molecular flexibility index (Phi) is 5.43. The number of hydrogen-bond donors (Lipinski definition) is 1. The molecule has 1 aromatic carbocycles. The zero-order chi connectivity index (χ0) is 15.4. The number of aliphatic hydroxyl groups is 1. The van der Waals surface area contributed by atoms with Gasteiger partial charge in [0, 0.05) is 17.6 Å². The van der Waals surface area contributed by atoms with Crippen molar-refractivity contribution in [3.05, 3.63) is 52.3 Å². The molecule has 2 aromatic rings. The zero-order valence-electron chi connectivity index (χ0n) is 12.9. The Hall–Kier alpha value is -1.32. The van der Waals surface area contributed by atoms with Crippen LogP contribution in [0.4, 0.5) is 0 Å². The summed E-state index contributed by atoms with van der Waals surface area (Å²) in [6.45, 7) is 6.31. The van der Waals surface area contributed by atoms with Crippen molar-refractivity contribution in [1.29, 1.82) is 0 Å². The summed E-state index contributed by atoms with van der Waals surface area (Å²) in [5.74, 6) is 0. The normalized spacial score (nSPS) is 12.9. The lowest BCUT2D eigenvalue weighted by molar-refractivity contribution is 0.176. The van der Waals surface area contributed by atoms with E-state index in [2.05, 4.69) is 18.9 Å². The van der Waals surface area contributed by atoms with Crippen LogP contribution in [0.1, 0.15) is 55.7 Å². The van der Waals surface area contributed by atoms with Crippen molar-refractivity contribution in [3.8, 4) is 0 Å². The molecule has 2 rings (SSSR count). The van der Waals surface area contributed by atoms with Crippen molar-refractivity contribution < 1.29 is 5.11 Å². The van der Waals surface area contributed by atoms with Gasteiger partial charge in [-0.3, -0.25) is 4.68 Å². The highest BCUT2D eigenvalue weighted by Crippen LogP contribution is 2.23. The monoisotopic (exact) mass is 306 g/mol. The highest BCUT2D eigenvalue weighted by atomic mass is 35.5. The Morgan fingerprint density at radius 3 is 2.57 bits per heavy atom. The minimum atomic E-state index is -0.576. The molecule has 114 valence electrons. The second-order valence-corrected chi connectivity index (χ2v) is 5.98. The summed E-state index contributed by atoms with van der Waals surface area (Å²) >= 11 is 6.05. The lowest BCUT2D eigenvalue weighted by atomic mass is 10.0. The first kappa shape index (κ1) is 16.1. The highest BCUT2D eigenvalue weighted by molar-refractivity contribution is 6.30. The lowest BCUT2D eigenvalue weighted by Gasteiger charge is -2.13. The van der Waals surface area contributed by atoms with E-state index in [1.54, 1.807) is 0 Å². The van der Waals surface area contributed by atoms with E-state index in [1.165, 1.54) is 0 Å². The molecule has 4 heteroatoms. The molecule has 0 aliphatic rings. The van der Waals surface area contributed by atoms with Crippen molar-refractivity contribution in [3.63, 3.8) is 0 Å². The quantitative estimate of drug-likeness (QED) is 0.854. The summed E-state index contributed by atoms with van der Waals surface area (Å²) < 4.78 is 2.01. The smallest absolute Gasteiger partial charge is 0.0846 e. The van der Waals surface area contributed by atoms with E-state index in [0.29, 0.717) is 17.5 Å². The van der Waals surface area contributed by atoms with Gasteiger partial charge in [-0.2, -0.15) is 5.10 Å². The number of aromatic nitrogens is 2. The molecule has 1 atom stereocenters. The van der Waals surface area contributed by atoms with Crippen molar-refractivity contribution >= 4 is 11.6 Å². The number of aryl methyl sites for hydroxylation is 1. The molecule has 0 saturated carbocycles. The summed E-state index contributed by atoms with van der Waals surface area (Å²) in [4.78, 5) is 0. The first-order chi connectivity index (χ1) is 10.0. The fourth-order valence-corrected chi connectivity index (χ4v) is 2.92. The predicted octanol–water partition coefficient (Wildman–Crippen LogP) is 4.48. The number of hydrogen-bond acceptors (Lipinski definition) is 2. The molecule has 0 amide bonds. The standard InChI is InChI=1S/C17H23ClN2O/c1-4-16(5-2)20-7-6-15(19-20)11-17(21)13-8-12(3)9-14(18)10-13/h6-10,16-17,21H,4-5,11H2,1-3H3. The average Bonchev–Trinajstić information content (AvgIpc) is 2.87. The second-order valence-electron chi connectivity index (χ2n) is 5.54. The molecule has 1 aromatic heterocycles. The number of benzene rings is 1. The molecule has 21 heavy (non-hydrogen) atoms. The maximum absolute atomic E-state index is 10.4. The third-order valence-corrected chi connectivity index (χ3v) is 4.05. The molecule has 1 heterocycles. The molecular weight excluding hydrogens is 284 g/mol. The minimum absolute atomic E-state index is 0.435. The van der Waals surface area contributed by atoms with E-state index >= 15 is 0 Å². The van der Waals surface area contributed by atoms with Crippen LogP contribution in [-0.2, 0) is 6.42 Å². The van der Waals surface area contributed by atoms with E-state index in [1.807, 2.05) is 42.1 Å². The van der Waals surface area contributed by atoms with Gasteiger partial charge in [0.05, 0.1) is 17.8 Å². The summed E-state index contributed by atoms with van der Waals surface area (Å²) in [6.07, 6.45) is 4.06. The van der Waals surface area contributed by atoms with Gasteiger partial charge in [0.1, 0.15) is 0 Å². The van der Waals surface area contributed by atoms with Crippen molar-refractivity contribution in [1.82, 2.24) is 9.78 Å². The molecule has 1 unspecified atom stereocenters. The van der Waals surface area contributed by atoms with Crippen LogP contribution in [0.2, 0.25) is 5.02 Å². The van der Waals surface area contributed by atoms with Crippen LogP contribution in [0.25, 0.3) is 0 Å². The Bertz CT molecular complexity index is 570. The largest absolute Gasteiger partial charge is 0.388 e. The molecular formula is C17H23ClN2O. The van der Waals surface area contributed by atoms with Crippen molar-refractivity contribution in [2.45, 2.75) is 52.2 Å². The van der Waals surface area contributed by atoms with Crippen LogP contribution < -0.4 is 0 Å². The highest BCUT2D eigenvalue weighted by Gasteiger charge is 2.13. The average molecular weight is 307 g/mol. The second kappa shape index (κ2) is 7.10. The maximum Gasteiger partial charge on any atom is 0.0846 e. The van der Waals surface area contributed by atoms with Crippen LogP contribution in [-0.4, -0.2) is 14.9 Å². The van der Waals surface area contributed by atoms with Crippen LogP contribution in [0.3, 0.4) is 0 Å². The van der Waals surface area contributed by atoms with Gasteiger partial charge in [0.15, 0.2) is 0 Å². The number of halogens is 1. The van der Waals surface area contributed by atoms with Gasteiger partial charge in [-0.25, -0.2) is 0 Å². The third-order valence-electron chi connectivity index (χ3n) is 3.83. The van der Waals surface area contributed by atoms with Crippen LogP contribution in [0, 0.1) is 6.92 Å². The Labute approximate surface area is 131 Å². The number of rotatable bonds is 6. The van der Waals surface area contributed by atoms with Crippen molar-refractivity contribution in [2.75, 3.05) is 0 Å².